The van der Waals surface area contributed by atoms with Crippen LogP contribution < -0.4 is 0 Å². The summed E-state index contributed by atoms with van der Waals surface area (Å²) in [4.78, 5) is 3.79. The number of hydrogen-bond donors (Lipinski definition) is 2. The van der Waals surface area contributed by atoms with E-state index in [0.29, 0.717) is 11.1 Å². The van der Waals surface area contributed by atoms with Crippen LogP contribution in [0.25, 0.3) is 11.1 Å². The van der Waals surface area contributed by atoms with Crippen LogP contribution in [0.3, 0.4) is 0 Å². The molecule has 1 aromatic heterocycles. The van der Waals surface area contributed by atoms with Crippen molar-refractivity contribution in [2.75, 3.05) is 6.61 Å². The predicted molar refractivity (Wildman–Crippen MR) is 100 cm³/mol. The Labute approximate surface area is 161 Å². The number of pyridine rings is 1. The van der Waals surface area contributed by atoms with Gasteiger partial charge in [-0.2, -0.15) is 8.78 Å². The van der Waals surface area contributed by atoms with Crippen molar-refractivity contribution in [2.45, 2.75) is 25.4 Å². The van der Waals surface area contributed by atoms with Gasteiger partial charge in [0.2, 0.25) is 0 Å². The molecular formula is C22H20F3NO2. The highest BCUT2D eigenvalue weighted by molar-refractivity contribution is 5.62. The average molecular weight is 387 g/mol. The van der Waals surface area contributed by atoms with Crippen molar-refractivity contribution in [1.82, 2.24) is 4.98 Å². The van der Waals surface area contributed by atoms with Gasteiger partial charge in [-0.1, -0.05) is 48.0 Å². The van der Waals surface area contributed by atoms with E-state index in [9.17, 15) is 14.6 Å². The zero-order valence-corrected chi connectivity index (χ0v) is 15.5. The van der Waals surface area contributed by atoms with Crippen LogP contribution in [0.4, 0.5) is 13.2 Å². The van der Waals surface area contributed by atoms with E-state index in [1.54, 1.807) is 6.92 Å². The second-order valence-corrected chi connectivity index (χ2v) is 6.87. The molecule has 0 aliphatic heterocycles. The summed E-state index contributed by atoms with van der Waals surface area (Å²) in [7, 11) is 0. The lowest BCUT2D eigenvalue weighted by atomic mass is 9.85. The van der Waals surface area contributed by atoms with Crippen LogP contribution in [-0.2, 0) is 11.5 Å². The van der Waals surface area contributed by atoms with Gasteiger partial charge in [0.1, 0.15) is 11.5 Å². The first-order valence-corrected chi connectivity index (χ1v) is 8.70. The molecule has 0 amide bonds. The SMILES string of the molecule is Cc1ccc(-c2ccc(C(F)(F)[C@@](O)(CO)c3ccc(C)cc3F)nc2)cc1. The van der Waals surface area contributed by atoms with Gasteiger partial charge in [-0.3, -0.25) is 4.98 Å². The summed E-state index contributed by atoms with van der Waals surface area (Å²) in [6.45, 7) is 2.15. The molecule has 0 spiro atoms. The number of benzene rings is 2. The normalized spacial score (nSPS) is 14.0. The summed E-state index contributed by atoms with van der Waals surface area (Å²) in [6, 6.07) is 13.5. The summed E-state index contributed by atoms with van der Waals surface area (Å²) in [5, 5.41) is 20.1. The Hall–Kier alpha value is -2.70. The number of aryl methyl sites for hydroxylation is 2. The Bertz CT molecular complexity index is 972. The van der Waals surface area contributed by atoms with Gasteiger partial charge < -0.3 is 10.2 Å². The molecule has 2 aromatic carbocycles. The fourth-order valence-corrected chi connectivity index (χ4v) is 3.02. The van der Waals surface area contributed by atoms with Crippen LogP contribution >= 0.6 is 0 Å². The van der Waals surface area contributed by atoms with Crippen molar-refractivity contribution < 1.29 is 23.4 Å². The second kappa shape index (κ2) is 7.37. The molecule has 146 valence electrons. The van der Waals surface area contributed by atoms with Gasteiger partial charge in [0.05, 0.1) is 6.61 Å². The Kier molecular flexibility index (Phi) is 5.28. The van der Waals surface area contributed by atoms with E-state index >= 15 is 8.78 Å². The predicted octanol–water partition coefficient (Wildman–Crippen LogP) is 4.48. The first kappa shape index (κ1) is 20.0. The van der Waals surface area contributed by atoms with Crippen LogP contribution in [0.15, 0.2) is 60.8 Å². The lowest BCUT2D eigenvalue weighted by Gasteiger charge is -2.34. The van der Waals surface area contributed by atoms with E-state index in [4.69, 9.17) is 0 Å². The van der Waals surface area contributed by atoms with Crippen LogP contribution in [0.5, 0.6) is 0 Å². The monoisotopic (exact) mass is 387 g/mol. The first-order chi connectivity index (χ1) is 13.2. The van der Waals surface area contributed by atoms with Crippen molar-refractivity contribution in [3.05, 3.63) is 89.0 Å². The molecule has 0 saturated heterocycles. The van der Waals surface area contributed by atoms with Crippen molar-refractivity contribution in [1.29, 1.82) is 0 Å². The largest absolute Gasteiger partial charge is 0.393 e. The molecule has 1 heterocycles. The third-order valence-electron chi connectivity index (χ3n) is 4.79. The molecule has 28 heavy (non-hydrogen) atoms. The van der Waals surface area contributed by atoms with Crippen molar-refractivity contribution in [2.24, 2.45) is 0 Å². The number of hydrogen-bond acceptors (Lipinski definition) is 3. The number of aromatic nitrogens is 1. The van der Waals surface area contributed by atoms with E-state index in [-0.39, 0.29) is 0 Å². The number of aliphatic hydroxyl groups excluding tert-OH is 1. The Morgan fingerprint density at radius 3 is 2.04 bits per heavy atom. The van der Waals surface area contributed by atoms with E-state index in [1.807, 2.05) is 31.2 Å². The summed E-state index contributed by atoms with van der Waals surface area (Å²) in [6.07, 6.45) is 1.26. The molecule has 3 rings (SSSR count). The fraction of sp³-hybridized carbons (Fsp3) is 0.227. The van der Waals surface area contributed by atoms with Gasteiger partial charge in [0.15, 0.2) is 5.60 Å². The van der Waals surface area contributed by atoms with Crippen LogP contribution in [-0.4, -0.2) is 21.8 Å². The molecule has 0 aliphatic rings. The average Bonchev–Trinajstić information content (AvgIpc) is 2.68. The van der Waals surface area contributed by atoms with E-state index in [2.05, 4.69) is 4.98 Å². The summed E-state index contributed by atoms with van der Waals surface area (Å²) in [5.41, 5.74) is -1.61. The van der Waals surface area contributed by atoms with Gasteiger partial charge >= 0.3 is 5.92 Å². The van der Waals surface area contributed by atoms with E-state index in [1.165, 1.54) is 18.3 Å². The molecule has 3 nitrogen and oxygen atoms in total. The van der Waals surface area contributed by atoms with Gasteiger partial charge in [0.25, 0.3) is 0 Å². The molecule has 0 saturated carbocycles. The highest BCUT2D eigenvalue weighted by Crippen LogP contribution is 2.45. The molecule has 6 heteroatoms. The molecule has 0 unspecified atom stereocenters. The number of rotatable bonds is 5. The lowest BCUT2D eigenvalue weighted by Crippen LogP contribution is -2.47. The number of nitrogens with zero attached hydrogens (tertiary/aromatic N) is 1. The lowest BCUT2D eigenvalue weighted by molar-refractivity contribution is -0.216. The zero-order chi connectivity index (χ0) is 20.5. The molecule has 0 radical (unpaired) electrons. The zero-order valence-electron chi connectivity index (χ0n) is 15.5. The minimum atomic E-state index is -4.02. The molecule has 2 N–H and O–H groups in total. The third kappa shape index (κ3) is 3.41. The van der Waals surface area contributed by atoms with Crippen molar-refractivity contribution in [3.8, 4) is 11.1 Å². The van der Waals surface area contributed by atoms with Crippen molar-refractivity contribution >= 4 is 0 Å². The maximum absolute atomic E-state index is 15.1. The number of halogens is 3. The smallest absolute Gasteiger partial charge is 0.324 e. The Morgan fingerprint density at radius 1 is 0.893 bits per heavy atom. The molecule has 3 aromatic rings. The number of alkyl halides is 2. The molecule has 0 bridgehead atoms. The van der Waals surface area contributed by atoms with Crippen molar-refractivity contribution in [3.63, 3.8) is 0 Å². The minimum absolute atomic E-state index is 0.505. The summed E-state index contributed by atoms with van der Waals surface area (Å²) >= 11 is 0. The molecule has 0 aliphatic carbocycles. The first-order valence-electron chi connectivity index (χ1n) is 8.70. The van der Waals surface area contributed by atoms with Crippen LogP contribution in [0, 0.1) is 19.7 Å². The van der Waals surface area contributed by atoms with Gasteiger partial charge in [-0.05, 0) is 37.1 Å². The standard InChI is InChI=1S/C22H20F3NO2/c1-14-3-6-16(7-4-14)17-8-10-20(26-12-17)22(24,25)21(28,13-27)18-9-5-15(2)11-19(18)23/h3-12,27-28H,13H2,1-2H3/t21-/m1/s1. The van der Waals surface area contributed by atoms with Crippen LogP contribution in [0.1, 0.15) is 22.4 Å². The highest BCUT2D eigenvalue weighted by atomic mass is 19.3. The second-order valence-electron chi connectivity index (χ2n) is 6.87. The summed E-state index contributed by atoms with van der Waals surface area (Å²) < 4.78 is 44.5. The Balaban J connectivity index is 2.01. The van der Waals surface area contributed by atoms with Crippen LogP contribution in [0.2, 0.25) is 0 Å². The molecule has 0 fully saturated rings. The van der Waals surface area contributed by atoms with Gasteiger partial charge in [-0.25, -0.2) is 4.39 Å². The third-order valence-corrected chi connectivity index (χ3v) is 4.79. The maximum Gasteiger partial charge on any atom is 0.324 e. The van der Waals surface area contributed by atoms with Gasteiger partial charge in [0, 0.05) is 17.3 Å². The minimum Gasteiger partial charge on any atom is -0.393 e. The van der Waals surface area contributed by atoms with Gasteiger partial charge in [-0.15, -0.1) is 0 Å². The number of aliphatic hydroxyl groups is 2. The fourth-order valence-electron chi connectivity index (χ4n) is 3.02. The van der Waals surface area contributed by atoms with E-state index in [0.717, 1.165) is 29.3 Å². The molecular weight excluding hydrogens is 367 g/mol. The molecule has 1 atom stereocenters. The Morgan fingerprint density at radius 2 is 1.50 bits per heavy atom. The summed E-state index contributed by atoms with van der Waals surface area (Å²) in [5.74, 6) is -5.04. The quantitative estimate of drug-likeness (QED) is 0.679. The topological polar surface area (TPSA) is 53.4 Å². The maximum atomic E-state index is 15.1. The van der Waals surface area contributed by atoms with E-state index < -0.39 is 35.2 Å². The highest BCUT2D eigenvalue weighted by Gasteiger charge is 2.57.